The van der Waals surface area contributed by atoms with Gasteiger partial charge in [-0.3, -0.25) is 14.6 Å². The molecule has 7 nitrogen and oxygen atoms in total. The summed E-state index contributed by atoms with van der Waals surface area (Å²) in [6, 6.07) is -0.0326. The molecule has 2 saturated carbocycles. The van der Waals surface area contributed by atoms with E-state index in [1.807, 2.05) is 25.7 Å². The number of nitrogens with one attached hydrogen (secondary N) is 1. The Labute approximate surface area is 186 Å². The van der Waals surface area contributed by atoms with Crippen molar-refractivity contribution in [2.24, 2.45) is 29.1 Å². The second-order valence-electron chi connectivity index (χ2n) is 9.74. The fourth-order valence-corrected chi connectivity index (χ4v) is 6.16. The summed E-state index contributed by atoms with van der Waals surface area (Å²) >= 11 is 0. The normalized spacial score (nSPS) is 33.8. The average Bonchev–Trinajstić information content (AvgIpc) is 2.76. The van der Waals surface area contributed by atoms with E-state index in [1.54, 1.807) is 6.20 Å². The zero-order valence-electron chi connectivity index (χ0n) is 19.5. The molecule has 7 atom stereocenters. The maximum atomic E-state index is 13.0. The number of hydrogen-bond donors (Lipinski definition) is 2. The van der Waals surface area contributed by atoms with Gasteiger partial charge in [-0.05, 0) is 62.7 Å². The summed E-state index contributed by atoms with van der Waals surface area (Å²) < 4.78 is 0. The molecule has 0 spiro atoms. The Bertz CT molecular complexity index is 769. The van der Waals surface area contributed by atoms with Crippen LogP contribution < -0.4 is 5.32 Å². The van der Waals surface area contributed by atoms with Crippen molar-refractivity contribution in [1.29, 1.82) is 0 Å². The number of carbonyl (C=O) groups is 2. The zero-order valence-corrected chi connectivity index (χ0v) is 19.5. The lowest BCUT2D eigenvalue weighted by atomic mass is 9.51. The van der Waals surface area contributed by atoms with Crippen molar-refractivity contribution in [3.63, 3.8) is 0 Å². The molecule has 2 fully saturated rings. The molecular formula is C24H38N4O3. The van der Waals surface area contributed by atoms with Crippen LogP contribution in [0.1, 0.15) is 70.8 Å². The highest BCUT2D eigenvalue weighted by atomic mass is 16.3. The van der Waals surface area contributed by atoms with E-state index >= 15 is 0 Å². The SMILES string of the molecule is CCN(CC)C(=O)C(C)C1CCC2(C)CCC(NC(=O)c3cnccn3)C(C)C2C1O. The minimum absolute atomic E-state index is 0.0288. The van der Waals surface area contributed by atoms with Crippen LogP contribution in [0.4, 0.5) is 0 Å². The summed E-state index contributed by atoms with van der Waals surface area (Å²) in [4.78, 5) is 35.6. The van der Waals surface area contributed by atoms with Gasteiger partial charge in [0.15, 0.2) is 0 Å². The summed E-state index contributed by atoms with van der Waals surface area (Å²) in [5.41, 5.74) is 0.338. The summed E-state index contributed by atoms with van der Waals surface area (Å²) in [5, 5.41) is 14.6. The predicted octanol–water partition coefficient (Wildman–Crippen LogP) is 2.90. The third kappa shape index (κ3) is 4.61. The standard InChI is InChI=1S/C24H38N4O3/c1-6-28(7-2)23(31)15(3)17-8-10-24(5)11-9-18(16(4)20(24)21(17)29)27-22(30)19-14-25-12-13-26-19/h12-18,20-21,29H,6-11H2,1-5H3,(H,27,30). The van der Waals surface area contributed by atoms with Crippen molar-refractivity contribution < 1.29 is 14.7 Å². The van der Waals surface area contributed by atoms with Crippen LogP contribution in [-0.2, 0) is 4.79 Å². The van der Waals surface area contributed by atoms with Gasteiger partial charge in [-0.1, -0.05) is 20.8 Å². The molecule has 31 heavy (non-hydrogen) atoms. The van der Waals surface area contributed by atoms with Crippen molar-refractivity contribution >= 4 is 11.8 Å². The first-order chi connectivity index (χ1) is 14.7. The smallest absolute Gasteiger partial charge is 0.271 e. The van der Waals surface area contributed by atoms with Gasteiger partial charge in [0.25, 0.3) is 5.91 Å². The molecule has 0 bridgehead atoms. The highest BCUT2D eigenvalue weighted by Gasteiger charge is 2.54. The van der Waals surface area contributed by atoms with Gasteiger partial charge in [0, 0.05) is 37.4 Å². The first-order valence-electron chi connectivity index (χ1n) is 11.8. The van der Waals surface area contributed by atoms with Gasteiger partial charge < -0.3 is 15.3 Å². The summed E-state index contributed by atoms with van der Waals surface area (Å²) in [7, 11) is 0. The van der Waals surface area contributed by atoms with Crippen molar-refractivity contribution in [3.8, 4) is 0 Å². The van der Waals surface area contributed by atoms with E-state index in [4.69, 9.17) is 0 Å². The number of nitrogens with zero attached hydrogens (tertiary/aromatic N) is 3. The zero-order chi connectivity index (χ0) is 22.8. The van der Waals surface area contributed by atoms with Crippen LogP contribution in [0.2, 0.25) is 0 Å². The number of amides is 2. The Hall–Kier alpha value is -2.02. The number of aliphatic hydroxyl groups excluding tert-OH is 1. The maximum absolute atomic E-state index is 13.0. The third-order valence-corrected chi connectivity index (χ3v) is 8.11. The highest BCUT2D eigenvalue weighted by Crippen LogP contribution is 2.55. The monoisotopic (exact) mass is 430 g/mol. The molecule has 2 amide bonds. The minimum Gasteiger partial charge on any atom is -0.392 e. The Balaban J connectivity index is 1.75. The van der Waals surface area contributed by atoms with E-state index in [0.717, 1.165) is 25.7 Å². The number of aromatic nitrogens is 2. The van der Waals surface area contributed by atoms with Gasteiger partial charge in [-0.2, -0.15) is 0 Å². The Morgan fingerprint density at radius 1 is 1.26 bits per heavy atom. The number of rotatable bonds is 6. The first kappa shape index (κ1) is 23.6. The molecule has 0 saturated heterocycles. The molecule has 2 aliphatic carbocycles. The van der Waals surface area contributed by atoms with E-state index in [9.17, 15) is 14.7 Å². The Morgan fingerprint density at radius 2 is 1.94 bits per heavy atom. The molecule has 2 N–H and O–H groups in total. The molecule has 2 aliphatic rings. The van der Waals surface area contributed by atoms with Crippen molar-refractivity contribution in [3.05, 3.63) is 24.3 Å². The highest BCUT2D eigenvalue weighted by molar-refractivity contribution is 5.92. The molecular weight excluding hydrogens is 392 g/mol. The van der Waals surface area contributed by atoms with Crippen LogP contribution in [0.3, 0.4) is 0 Å². The topological polar surface area (TPSA) is 95.4 Å². The van der Waals surface area contributed by atoms with Crippen molar-refractivity contribution in [1.82, 2.24) is 20.2 Å². The van der Waals surface area contributed by atoms with E-state index < -0.39 is 6.10 Å². The number of aliphatic hydroxyl groups is 1. The molecule has 172 valence electrons. The number of hydrogen-bond acceptors (Lipinski definition) is 5. The average molecular weight is 431 g/mol. The molecule has 7 heteroatoms. The molecule has 1 aromatic rings. The van der Waals surface area contributed by atoms with Gasteiger partial charge in [-0.15, -0.1) is 0 Å². The second kappa shape index (κ2) is 9.63. The number of carbonyl (C=O) groups excluding carboxylic acids is 2. The van der Waals surface area contributed by atoms with Gasteiger partial charge in [0.1, 0.15) is 5.69 Å². The lowest BCUT2D eigenvalue weighted by molar-refractivity contribution is -0.149. The minimum atomic E-state index is -0.556. The van der Waals surface area contributed by atoms with Crippen molar-refractivity contribution in [2.75, 3.05) is 13.1 Å². The molecule has 1 aromatic heterocycles. The predicted molar refractivity (Wildman–Crippen MR) is 119 cm³/mol. The van der Waals surface area contributed by atoms with E-state index in [1.165, 1.54) is 12.4 Å². The fraction of sp³-hybridized carbons (Fsp3) is 0.750. The van der Waals surface area contributed by atoms with E-state index in [-0.39, 0.29) is 46.9 Å². The largest absolute Gasteiger partial charge is 0.392 e. The summed E-state index contributed by atoms with van der Waals surface area (Å²) in [6.07, 6.45) is 7.68. The third-order valence-electron chi connectivity index (χ3n) is 8.11. The van der Waals surface area contributed by atoms with Crippen LogP contribution in [0.15, 0.2) is 18.6 Å². The lowest BCUT2D eigenvalue weighted by Crippen LogP contribution is -2.58. The van der Waals surface area contributed by atoms with Crippen LogP contribution in [0, 0.1) is 29.1 Å². The molecule has 0 aromatic carbocycles. The molecule has 0 aliphatic heterocycles. The van der Waals surface area contributed by atoms with Crippen LogP contribution >= 0.6 is 0 Å². The quantitative estimate of drug-likeness (QED) is 0.724. The molecule has 7 unspecified atom stereocenters. The van der Waals surface area contributed by atoms with Gasteiger partial charge in [0.05, 0.1) is 12.3 Å². The van der Waals surface area contributed by atoms with Crippen LogP contribution in [0.5, 0.6) is 0 Å². The van der Waals surface area contributed by atoms with E-state index in [0.29, 0.717) is 18.8 Å². The summed E-state index contributed by atoms with van der Waals surface area (Å²) in [6.45, 7) is 11.7. The lowest BCUT2D eigenvalue weighted by Gasteiger charge is -2.56. The second-order valence-corrected chi connectivity index (χ2v) is 9.74. The maximum Gasteiger partial charge on any atom is 0.271 e. The van der Waals surface area contributed by atoms with Gasteiger partial charge >= 0.3 is 0 Å². The Kier molecular flexibility index (Phi) is 7.35. The first-order valence-corrected chi connectivity index (χ1v) is 11.8. The van der Waals surface area contributed by atoms with Crippen molar-refractivity contribution in [2.45, 2.75) is 72.4 Å². The van der Waals surface area contributed by atoms with Gasteiger partial charge in [0.2, 0.25) is 5.91 Å². The summed E-state index contributed by atoms with van der Waals surface area (Å²) in [5.74, 6) is -0.203. The molecule has 1 heterocycles. The Morgan fingerprint density at radius 3 is 2.55 bits per heavy atom. The van der Waals surface area contributed by atoms with Crippen LogP contribution in [-0.4, -0.2) is 57.0 Å². The number of fused-ring (bicyclic) bond motifs is 1. The van der Waals surface area contributed by atoms with E-state index in [2.05, 4.69) is 29.1 Å². The van der Waals surface area contributed by atoms with Crippen LogP contribution in [0.25, 0.3) is 0 Å². The van der Waals surface area contributed by atoms with Gasteiger partial charge in [-0.25, -0.2) is 4.98 Å². The molecule has 3 rings (SSSR count). The molecule has 0 radical (unpaired) electrons. The fourth-order valence-electron chi connectivity index (χ4n) is 6.16.